The molecule has 0 radical (unpaired) electrons. The maximum Gasteiger partial charge on any atom is 0.232 e. The van der Waals surface area contributed by atoms with Crippen molar-refractivity contribution in [2.75, 3.05) is 11.4 Å². The Kier molecular flexibility index (Phi) is 3.58. The minimum Gasteiger partial charge on any atom is -0.312 e. The van der Waals surface area contributed by atoms with E-state index in [4.69, 9.17) is 11.6 Å². The summed E-state index contributed by atoms with van der Waals surface area (Å²) in [4.78, 5) is 15.4. The van der Waals surface area contributed by atoms with Crippen LogP contribution >= 0.6 is 22.9 Å². The normalized spacial score (nSPS) is 14.3. The number of carbonyl (C=O) groups is 1. The van der Waals surface area contributed by atoms with Gasteiger partial charge in [0.05, 0.1) is 10.8 Å². The van der Waals surface area contributed by atoms with Gasteiger partial charge in [-0.25, -0.2) is 0 Å². The molecule has 4 heteroatoms. The highest BCUT2D eigenvalue weighted by molar-refractivity contribution is 7.16. The highest BCUT2D eigenvalue weighted by Crippen LogP contribution is 2.28. The largest absolute Gasteiger partial charge is 0.312 e. The van der Waals surface area contributed by atoms with E-state index in [-0.39, 0.29) is 5.91 Å². The van der Waals surface area contributed by atoms with Crippen molar-refractivity contribution in [1.29, 1.82) is 0 Å². The van der Waals surface area contributed by atoms with E-state index in [1.165, 1.54) is 16.9 Å². The number of carbonyl (C=O) groups excluding carboxylic acids is 1. The number of amides is 1. The Morgan fingerprint density at radius 2 is 2.11 bits per heavy atom. The number of anilines is 1. The summed E-state index contributed by atoms with van der Waals surface area (Å²) in [6, 6.07) is 11.9. The summed E-state index contributed by atoms with van der Waals surface area (Å²) in [7, 11) is 0. The van der Waals surface area contributed by atoms with Gasteiger partial charge in [-0.1, -0.05) is 29.8 Å². The summed E-state index contributed by atoms with van der Waals surface area (Å²) in [5.74, 6) is 0.158. The van der Waals surface area contributed by atoms with Crippen molar-refractivity contribution in [3.8, 4) is 0 Å². The average Bonchev–Trinajstić information content (AvgIpc) is 2.83. The number of rotatable bonds is 2. The molecule has 0 saturated heterocycles. The van der Waals surface area contributed by atoms with Crippen LogP contribution < -0.4 is 4.90 Å². The lowest BCUT2D eigenvalue weighted by atomic mass is 10.0. The molecule has 98 valence electrons. The van der Waals surface area contributed by atoms with E-state index in [2.05, 4.69) is 6.07 Å². The fourth-order valence-corrected chi connectivity index (χ4v) is 3.56. The minimum atomic E-state index is 0.158. The number of para-hydroxylation sites is 1. The molecule has 0 fully saturated rings. The van der Waals surface area contributed by atoms with Gasteiger partial charge in [-0.05, 0) is 36.6 Å². The van der Waals surface area contributed by atoms with Crippen LogP contribution in [0.3, 0.4) is 0 Å². The molecule has 0 atom stereocenters. The SMILES string of the molecule is O=C(Cc1ccc(Cl)s1)N1CCCc2ccccc21. The molecule has 0 spiro atoms. The van der Waals surface area contributed by atoms with Crippen molar-refractivity contribution in [1.82, 2.24) is 0 Å². The second-order valence-electron chi connectivity index (χ2n) is 4.66. The van der Waals surface area contributed by atoms with Gasteiger partial charge in [-0.15, -0.1) is 11.3 Å². The lowest BCUT2D eigenvalue weighted by Gasteiger charge is -2.29. The van der Waals surface area contributed by atoms with Crippen LogP contribution in [0.2, 0.25) is 4.34 Å². The maximum absolute atomic E-state index is 12.4. The summed E-state index contributed by atoms with van der Waals surface area (Å²) in [5.41, 5.74) is 2.34. The van der Waals surface area contributed by atoms with Crippen LogP contribution in [0.5, 0.6) is 0 Å². The fourth-order valence-electron chi connectivity index (χ4n) is 2.48. The average molecular weight is 292 g/mol. The molecule has 19 heavy (non-hydrogen) atoms. The standard InChI is InChI=1S/C15H14ClNOS/c16-14-8-7-12(19-14)10-15(18)17-9-3-5-11-4-1-2-6-13(11)17/h1-2,4,6-8H,3,5,9-10H2. The first-order chi connectivity index (χ1) is 9.24. The van der Waals surface area contributed by atoms with E-state index in [1.807, 2.05) is 35.2 Å². The van der Waals surface area contributed by atoms with E-state index in [1.54, 1.807) is 0 Å². The third-order valence-corrected chi connectivity index (χ3v) is 4.60. The summed E-state index contributed by atoms with van der Waals surface area (Å²) in [5, 5.41) is 0. The number of hydrogen-bond acceptors (Lipinski definition) is 2. The Labute approximate surface area is 121 Å². The zero-order valence-electron chi connectivity index (χ0n) is 10.4. The quantitative estimate of drug-likeness (QED) is 0.821. The van der Waals surface area contributed by atoms with Crippen LogP contribution in [0.15, 0.2) is 36.4 Å². The van der Waals surface area contributed by atoms with Gasteiger partial charge >= 0.3 is 0 Å². The molecule has 1 aliphatic heterocycles. The molecule has 2 nitrogen and oxygen atoms in total. The molecule has 0 saturated carbocycles. The van der Waals surface area contributed by atoms with Gasteiger partial charge in [0, 0.05) is 17.1 Å². The Hall–Kier alpha value is -1.32. The topological polar surface area (TPSA) is 20.3 Å². The smallest absolute Gasteiger partial charge is 0.232 e. The summed E-state index contributed by atoms with van der Waals surface area (Å²) in [6.45, 7) is 0.814. The zero-order chi connectivity index (χ0) is 13.2. The van der Waals surface area contributed by atoms with Crippen LogP contribution in [0.4, 0.5) is 5.69 Å². The number of aryl methyl sites for hydroxylation is 1. The van der Waals surface area contributed by atoms with Crippen LogP contribution in [-0.4, -0.2) is 12.5 Å². The van der Waals surface area contributed by atoms with Gasteiger partial charge in [0.25, 0.3) is 0 Å². The second-order valence-corrected chi connectivity index (χ2v) is 6.46. The van der Waals surface area contributed by atoms with Crippen LogP contribution in [0.25, 0.3) is 0 Å². The van der Waals surface area contributed by atoms with E-state index in [0.29, 0.717) is 6.42 Å². The van der Waals surface area contributed by atoms with Gasteiger partial charge in [-0.3, -0.25) is 4.79 Å². The molecule has 1 aromatic carbocycles. The number of hydrogen-bond donors (Lipinski definition) is 0. The van der Waals surface area contributed by atoms with Gasteiger partial charge in [0.1, 0.15) is 0 Å². The predicted molar refractivity (Wildman–Crippen MR) is 80.1 cm³/mol. The van der Waals surface area contributed by atoms with Gasteiger partial charge in [0.15, 0.2) is 0 Å². The molecule has 0 bridgehead atoms. The van der Waals surface area contributed by atoms with Gasteiger partial charge < -0.3 is 4.90 Å². The highest BCUT2D eigenvalue weighted by atomic mass is 35.5. The Morgan fingerprint density at radius 3 is 2.89 bits per heavy atom. The molecule has 1 aromatic heterocycles. The van der Waals surface area contributed by atoms with E-state index >= 15 is 0 Å². The zero-order valence-corrected chi connectivity index (χ0v) is 12.0. The lowest BCUT2D eigenvalue weighted by molar-refractivity contribution is -0.118. The number of halogens is 1. The number of benzene rings is 1. The van der Waals surface area contributed by atoms with E-state index < -0.39 is 0 Å². The van der Waals surface area contributed by atoms with E-state index in [0.717, 1.165) is 34.3 Å². The van der Waals surface area contributed by atoms with E-state index in [9.17, 15) is 4.79 Å². The predicted octanol–water partition coefficient (Wildman–Crippen LogP) is 3.92. The van der Waals surface area contributed by atoms with Crippen molar-refractivity contribution in [2.24, 2.45) is 0 Å². The summed E-state index contributed by atoms with van der Waals surface area (Å²) >= 11 is 7.38. The number of nitrogens with zero attached hydrogens (tertiary/aromatic N) is 1. The van der Waals surface area contributed by atoms with Crippen LogP contribution in [-0.2, 0) is 17.6 Å². The summed E-state index contributed by atoms with van der Waals surface area (Å²) in [6.07, 6.45) is 2.53. The second kappa shape index (κ2) is 5.35. The van der Waals surface area contributed by atoms with Crippen molar-refractivity contribution >= 4 is 34.5 Å². The Morgan fingerprint density at radius 1 is 1.26 bits per heavy atom. The number of thiophene rings is 1. The maximum atomic E-state index is 12.4. The molecular formula is C15H14ClNOS. The lowest BCUT2D eigenvalue weighted by Crippen LogP contribution is -2.36. The van der Waals surface area contributed by atoms with Crippen molar-refractivity contribution in [2.45, 2.75) is 19.3 Å². The van der Waals surface area contributed by atoms with Gasteiger partial charge in [-0.2, -0.15) is 0 Å². The molecule has 3 rings (SSSR count). The molecule has 0 aliphatic carbocycles. The molecule has 2 aromatic rings. The highest BCUT2D eigenvalue weighted by Gasteiger charge is 2.22. The molecule has 0 unspecified atom stereocenters. The third kappa shape index (κ3) is 2.67. The monoisotopic (exact) mass is 291 g/mol. The molecule has 2 heterocycles. The minimum absolute atomic E-state index is 0.158. The van der Waals surface area contributed by atoms with Crippen molar-refractivity contribution in [3.05, 3.63) is 51.2 Å². The first-order valence-corrected chi connectivity index (χ1v) is 7.56. The van der Waals surface area contributed by atoms with Crippen molar-refractivity contribution < 1.29 is 4.79 Å². The number of fused-ring (bicyclic) bond motifs is 1. The molecule has 1 amide bonds. The Bertz CT molecular complexity index is 608. The van der Waals surface area contributed by atoms with Gasteiger partial charge in [0.2, 0.25) is 5.91 Å². The fraction of sp³-hybridized carbons (Fsp3) is 0.267. The molecule has 0 N–H and O–H groups in total. The Balaban J connectivity index is 1.81. The molecule has 1 aliphatic rings. The van der Waals surface area contributed by atoms with Crippen LogP contribution in [0.1, 0.15) is 16.9 Å². The third-order valence-electron chi connectivity index (χ3n) is 3.37. The van der Waals surface area contributed by atoms with Crippen LogP contribution in [0, 0.1) is 0 Å². The molecular weight excluding hydrogens is 278 g/mol. The first-order valence-electron chi connectivity index (χ1n) is 6.36. The summed E-state index contributed by atoms with van der Waals surface area (Å²) < 4.78 is 0.738. The first kappa shape index (κ1) is 12.7. The van der Waals surface area contributed by atoms with Crippen molar-refractivity contribution in [3.63, 3.8) is 0 Å².